The van der Waals surface area contributed by atoms with E-state index in [1.165, 1.54) is 30.3 Å². The Kier molecular flexibility index (Phi) is 6.24. The van der Waals surface area contributed by atoms with Crippen LogP contribution in [0.2, 0.25) is 0 Å². The van der Waals surface area contributed by atoms with Gasteiger partial charge in [0.1, 0.15) is 12.2 Å². The molecule has 8 heteroatoms. The molecule has 33 heavy (non-hydrogen) atoms. The zero-order valence-electron chi connectivity index (χ0n) is 17.9. The lowest BCUT2D eigenvalue weighted by molar-refractivity contribution is -0.0934. The van der Waals surface area contributed by atoms with Crippen LogP contribution in [-0.4, -0.2) is 39.6 Å². The molecule has 1 unspecified atom stereocenters. The van der Waals surface area contributed by atoms with Gasteiger partial charge in [0.2, 0.25) is 0 Å². The number of hydrogen-bond acceptors (Lipinski definition) is 4. The Morgan fingerprint density at radius 1 is 1.24 bits per heavy atom. The molecule has 1 saturated carbocycles. The number of fused-ring (bicyclic) bond motifs is 2. The number of aliphatic hydroxyl groups is 2. The molecular weight excluding hydrogens is 437 g/mol. The predicted octanol–water partition coefficient (Wildman–Crippen LogP) is 4.23. The zero-order chi connectivity index (χ0) is 23.9. The second-order valence-electron chi connectivity index (χ2n) is 8.73. The zero-order valence-corrected chi connectivity index (χ0v) is 17.9. The highest BCUT2D eigenvalue weighted by Crippen LogP contribution is 2.44. The lowest BCUT2D eigenvalue weighted by Crippen LogP contribution is -2.30. The molecular formula is C25H25F3O5. The van der Waals surface area contributed by atoms with Gasteiger partial charge >= 0.3 is 11.9 Å². The molecule has 0 amide bonds. The molecule has 2 aliphatic rings. The summed E-state index contributed by atoms with van der Waals surface area (Å²) in [6, 6.07) is 8.63. The number of alkyl halides is 2. The van der Waals surface area contributed by atoms with Gasteiger partial charge in [-0.1, -0.05) is 42.5 Å². The molecule has 0 aromatic heterocycles. The molecule has 1 aliphatic heterocycles. The number of carboxylic acids is 1. The summed E-state index contributed by atoms with van der Waals surface area (Å²) in [5.74, 6) is -6.90. The molecule has 0 saturated heterocycles. The van der Waals surface area contributed by atoms with Gasteiger partial charge in [-0.15, -0.1) is 0 Å². The molecule has 176 valence electrons. The van der Waals surface area contributed by atoms with Crippen molar-refractivity contribution in [2.45, 2.75) is 50.4 Å². The summed E-state index contributed by atoms with van der Waals surface area (Å²) < 4.78 is 50.2. The first-order chi connectivity index (χ1) is 15.6. The Bertz CT molecular complexity index is 1080. The SMILES string of the molecule is Cc1ccccc1C(F)(F)C(O)/C=C/[C@@H]1[C@H]2CCc3ccc(C(=O)O)c(F)c3O[C@H]2C[C@H]1O. The Morgan fingerprint density at radius 3 is 2.67 bits per heavy atom. The van der Waals surface area contributed by atoms with Crippen molar-refractivity contribution in [2.75, 3.05) is 0 Å². The lowest BCUT2D eigenvalue weighted by atomic mass is 9.87. The van der Waals surface area contributed by atoms with Crippen molar-refractivity contribution in [3.05, 3.63) is 76.6 Å². The maximum atomic E-state index is 14.8. The van der Waals surface area contributed by atoms with Gasteiger partial charge in [-0.2, -0.15) is 8.78 Å². The van der Waals surface area contributed by atoms with Crippen LogP contribution in [0, 0.1) is 24.6 Å². The average molecular weight is 462 g/mol. The Labute approximate surface area is 189 Å². The van der Waals surface area contributed by atoms with E-state index >= 15 is 0 Å². The number of carboxylic acid groups (broad SMARTS) is 1. The van der Waals surface area contributed by atoms with Crippen molar-refractivity contribution < 1.29 is 38.0 Å². The number of hydrogen-bond donors (Lipinski definition) is 3. The van der Waals surface area contributed by atoms with Gasteiger partial charge in [0.05, 0.1) is 11.7 Å². The van der Waals surface area contributed by atoms with Crippen LogP contribution >= 0.6 is 0 Å². The van der Waals surface area contributed by atoms with E-state index in [-0.39, 0.29) is 23.7 Å². The Balaban J connectivity index is 1.55. The third-order valence-corrected chi connectivity index (χ3v) is 6.71. The number of aryl methyl sites for hydroxylation is 2. The van der Waals surface area contributed by atoms with Gasteiger partial charge < -0.3 is 20.1 Å². The monoisotopic (exact) mass is 462 g/mol. The van der Waals surface area contributed by atoms with Crippen molar-refractivity contribution >= 4 is 5.97 Å². The molecule has 4 rings (SSSR count). The number of rotatable bonds is 5. The highest BCUT2D eigenvalue weighted by atomic mass is 19.3. The number of aliphatic hydroxyl groups excluding tert-OH is 2. The van der Waals surface area contributed by atoms with Gasteiger partial charge in [0.25, 0.3) is 0 Å². The van der Waals surface area contributed by atoms with Gasteiger partial charge in [-0.05, 0) is 37.0 Å². The Hall–Kier alpha value is -2.84. The van der Waals surface area contributed by atoms with E-state index < -0.39 is 47.5 Å². The van der Waals surface area contributed by atoms with Crippen LogP contribution in [0.4, 0.5) is 13.2 Å². The summed E-state index contributed by atoms with van der Waals surface area (Å²) in [7, 11) is 0. The van der Waals surface area contributed by atoms with Crippen LogP contribution in [0.5, 0.6) is 5.75 Å². The smallest absolute Gasteiger partial charge is 0.338 e. The molecule has 2 aromatic carbocycles. The number of ether oxygens (including phenoxy) is 1. The largest absolute Gasteiger partial charge is 0.487 e. The van der Waals surface area contributed by atoms with E-state index in [9.17, 15) is 28.2 Å². The average Bonchev–Trinajstić information content (AvgIpc) is 2.93. The summed E-state index contributed by atoms with van der Waals surface area (Å²) >= 11 is 0. The molecule has 1 heterocycles. The third kappa shape index (κ3) is 4.25. The first-order valence-corrected chi connectivity index (χ1v) is 10.8. The third-order valence-electron chi connectivity index (χ3n) is 6.71. The normalized spacial score (nSPS) is 25.8. The van der Waals surface area contributed by atoms with E-state index in [1.807, 2.05) is 0 Å². The topological polar surface area (TPSA) is 87.0 Å². The molecule has 5 nitrogen and oxygen atoms in total. The van der Waals surface area contributed by atoms with E-state index in [1.54, 1.807) is 19.1 Å². The minimum Gasteiger partial charge on any atom is -0.487 e. The Morgan fingerprint density at radius 2 is 1.97 bits per heavy atom. The number of aromatic carboxylic acids is 1. The fraction of sp³-hybridized carbons (Fsp3) is 0.400. The first-order valence-electron chi connectivity index (χ1n) is 10.8. The second-order valence-corrected chi connectivity index (χ2v) is 8.73. The van der Waals surface area contributed by atoms with E-state index in [4.69, 9.17) is 9.84 Å². The lowest BCUT2D eigenvalue weighted by Gasteiger charge is -2.24. The highest BCUT2D eigenvalue weighted by molar-refractivity contribution is 5.88. The van der Waals surface area contributed by atoms with Crippen LogP contribution in [0.3, 0.4) is 0 Å². The van der Waals surface area contributed by atoms with Crippen molar-refractivity contribution in [3.63, 3.8) is 0 Å². The molecule has 1 aliphatic carbocycles. The fourth-order valence-corrected chi connectivity index (χ4v) is 4.91. The summed E-state index contributed by atoms with van der Waals surface area (Å²) in [5, 5.41) is 30.0. The summed E-state index contributed by atoms with van der Waals surface area (Å²) in [6.07, 6.45) is -0.226. The minimum atomic E-state index is -3.52. The van der Waals surface area contributed by atoms with E-state index in [0.717, 1.165) is 6.08 Å². The van der Waals surface area contributed by atoms with Crippen LogP contribution < -0.4 is 4.74 Å². The van der Waals surface area contributed by atoms with E-state index in [2.05, 4.69) is 0 Å². The second kappa shape index (κ2) is 8.83. The van der Waals surface area contributed by atoms with Crippen LogP contribution in [-0.2, 0) is 12.3 Å². The van der Waals surface area contributed by atoms with Gasteiger partial charge in [0, 0.05) is 23.8 Å². The quantitative estimate of drug-likeness (QED) is 0.579. The van der Waals surface area contributed by atoms with Gasteiger partial charge in [-0.25, -0.2) is 9.18 Å². The molecule has 0 spiro atoms. The fourth-order valence-electron chi connectivity index (χ4n) is 4.91. The van der Waals surface area contributed by atoms with Gasteiger partial charge in [0.15, 0.2) is 11.6 Å². The standard InChI is InChI=1S/C25H25F3O5/c1-13-4-2-3-5-18(13)25(27,28)21(30)11-10-15-16-8-6-14-7-9-17(24(31)32)22(26)23(14)33-20(16)12-19(15)29/h2-5,7,9-11,15-16,19-21,29-30H,6,8,12H2,1H3,(H,31,32)/b11-10+/t15-,16-,19-,20+,21?/m1/s1. The summed E-state index contributed by atoms with van der Waals surface area (Å²) in [6.45, 7) is 1.54. The number of halogens is 3. The maximum absolute atomic E-state index is 14.8. The van der Waals surface area contributed by atoms with Crippen LogP contribution in [0.1, 0.15) is 39.9 Å². The minimum absolute atomic E-state index is 0.134. The number of carbonyl (C=O) groups is 1. The molecule has 1 fully saturated rings. The van der Waals surface area contributed by atoms with Crippen molar-refractivity contribution in [2.24, 2.45) is 11.8 Å². The van der Waals surface area contributed by atoms with Crippen molar-refractivity contribution in [1.29, 1.82) is 0 Å². The van der Waals surface area contributed by atoms with Gasteiger partial charge in [-0.3, -0.25) is 0 Å². The molecule has 3 N–H and O–H groups in total. The maximum Gasteiger partial charge on any atom is 0.338 e. The summed E-state index contributed by atoms with van der Waals surface area (Å²) in [4.78, 5) is 11.2. The molecule has 0 bridgehead atoms. The van der Waals surface area contributed by atoms with E-state index in [0.29, 0.717) is 24.0 Å². The van der Waals surface area contributed by atoms with Crippen molar-refractivity contribution in [1.82, 2.24) is 0 Å². The van der Waals surface area contributed by atoms with Crippen molar-refractivity contribution in [3.8, 4) is 5.75 Å². The highest BCUT2D eigenvalue weighted by Gasteiger charge is 2.45. The number of benzene rings is 2. The predicted molar refractivity (Wildman–Crippen MR) is 114 cm³/mol. The van der Waals surface area contributed by atoms with Crippen LogP contribution in [0.25, 0.3) is 0 Å². The molecule has 0 radical (unpaired) electrons. The molecule has 2 aromatic rings. The summed E-state index contributed by atoms with van der Waals surface area (Å²) in [5.41, 5.74) is 0.109. The first kappa shape index (κ1) is 23.3. The van der Waals surface area contributed by atoms with Crippen LogP contribution in [0.15, 0.2) is 48.6 Å². The molecule has 5 atom stereocenters.